The Balaban J connectivity index is 0.00000280. The van der Waals surface area contributed by atoms with E-state index in [1.54, 1.807) is 12.1 Å². The summed E-state index contributed by atoms with van der Waals surface area (Å²) >= 11 is 5.86. The molecule has 1 heterocycles. The van der Waals surface area contributed by atoms with Crippen LogP contribution in [0.5, 0.6) is 0 Å². The molecule has 2 aromatic carbocycles. The van der Waals surface area contributed by atoms with Crippen molar-refractivity contribution in [3.8, 4) is 0 Å². The zero-order valence-corrected chi connectivity index (χ0v) is 18.1. The molecule has 0 atom stereocenters. The van der Waals surface area contributed by atoms with Crippen LogP contribution in [0, 0.1) is 0 Å². The Morgan fingerprint density at radius 1 is 1.07 bits per heavy atom. The Bertz CT molecular complexity index is 1020. The number of aromatic nitrogens is 2. The number of sulfonamides is 1. The number of fused-ring (bicyclic) bond motifs is 1. The molecule has 0 fully saturated rings. The third-order valence-electron chi connectivity index (χ3n) is 4.54. The predicted octanol–water partition coefficient (Wildman–Crippen LogP) is 0.836. The Hall–Kier alpha value is -1.80. The summed E-state index contributed by atoms with van der Waals surface area (Å²) in [6.07, 6.45) is 0. The summed E-state index contributed by atoms with van der Waals surface area (Å²) in [4.78, 5) is 6.93. The largest absolute Gasteiger partial charge is 1.00 e. The van der Waals surface area contributed by atoms with Crippen LogP contribution in [0.4, 0.5) is 5.95 Å². The minimum Gasteiger partial charge on any atom is -1.00 e. The summed E-state index contributed by atoms with van der Waals surface area (Å²) in [5, 5.41) is 0.486. The molecule has 9 heteroatoms. The lowest BCUT2D eigenvalue weighted by atomic mass is 10.3. The number of imidazole rings is 1. The highest BCUT2D eigenvalue weighted by atomic mass is 35.5. The number of nitrogens with zero attached hydrogens (tertiary/aromatic N) is 3. The van der Waals surface area contributed by atoms with Gasteiger partial charge in [-0.05, 0) is 49.5 Å². The lowest BCUT2D eigenvalue weighted by Gasteiger charge is -2.19. The molecule has 152 valence electrons. The number of para-hydroxylation sites is 2. The Labute approximate surface area is 177 Å². The molecular weight excluding hydrogens is 419 g/mol. The minimum absolute atomic E-state index is 0. The van der Waals surface area contributed by atoms with E-state index in [2.05, 4.69) is 28.5 Å². The molecule has 0 aliphatic carbocycles. The van der Waals surface area contributed by atoms with E-state index in [4.69, 9.17) is 11.6 Å². The molecule has 3 rings (SSSR count). The average Bonchev–Trinajstić information content (AvgIpc) is 2.99. The summed E-state index contributed by atoms with van der Waals surface area (Å²) in [6, 6.07) is 13.7. The number of hydrogen-bond donors (Lipinski definition) is 1. The van der Waals surface area contributed by atoms with Gasteiger partial charge in [0, 0.05) is 18.1 Å². The van der Waals surface area contributed by atoms with Gasteiger partial charge in [-0.25, -0.2) is 18.1 Å². The monoisotopic (exact) mass is 441 g/mol. The summed E-state index contributed by atoms with van der Waals surface area (Å²) in [7, 11) is -3.76. The van der Waals surface area contributed by atoms with Crippen LogP contribution in [-0.4, -0.2) is 42.5 Å². The van der Waals surface area contributed by atoms with Gasteiger partial charge in [-0.3, -0.25) is 0 Å². The first-order valence-corrected chi connectivity index (χ1v) is 10.8. The SMILES string of the molecule is CCN(CC)CCn1c(NS(=O)(=O)c2ccc(Cl)cc2)nc2ccccc21.[Cl-]. The van der Waals surface area contributed by atoms with Crippen LogP contribution in [0.1, 0.15) is 13.8 Å². The molecular formula is C19H23Cl2N4O2S-. The standard InChI is InChI=1S/C19H23ClN4O2S.ClH/c1-3-23(4-2)13-14-24-18-8-6-5-7-17(18)21-19(24)22-27(25,26)16-11-9-15(20)10-12-16;/h5-12H,3-4,13-14H2,1-2H3,(H,21,22);1H/p-1. The van der Waals surface area contributed by atoms with Crippen LogP contribution in [0.15, 0.2) is 53.4 Å². The number of nitrogens with one attached hydrogen (secondary N) is 1. The highest BCUT2D eigenvalue weighted by molar-refractivity contribution is 7.92. The highest BCUT2D eigenvalue weighted by Gasteiger charge is 2.19. The number of likely N-dealkylation sites (N-methyl/N-ethyl adjacent to an activating group) is 1. The molecule has 0 radical (unpaired) electrons. The average molecular weight is 442 g/mol. The molecule has 0 saturated heterocycles. The van der Waals surface area contributed by atoms with Crippen LogP contribution in [0.2, 0.25) is 5.02 Å². The van der Waals surface area contributed by atoms with Crippen LogP contribution >= 0.6 is 11.6 Å². The first-order chi connectivity index (χ1) is 12.9. The van der Waals surface area contributed by atoms with Gasteiger partial charge in [0.25, 0.3) is 10.0 Å². The van der Waals surface area contributed by atoms with Crippen LogP contribution in [0.25, 0.3) is 11.0 Å². The fraction of sp³-hybridized carbons (Fsp3) is 0.316. The van der Waals surface area contributed by atoms with Crippen LogP contribution in [-0.2, 0) is 16.6 Å². The molecule has 0 bridgehead atoms. The minimum atomic E-state index is -3.76. The van der Waals surface area contributed by atoms with E-state index in [0.29, 0.717) is 17.5 Å². The van der Waals surface area contributed by atoms with Crippen molar-refractivity contribution in [2.75, 3.05) is 24.4 Å². The number of rotatable bonds is 8. The summed E-state index contributed by atoms with van der Waals surface area (Å²) in [5.74, 6) is 0.318. The molecule has 3 aromatic rings. The Morgan fingerprint density at radius 2 is 1.71 bits per heavy atom. The van der Waals surface area contributed by atoms with Gasteiger partial charge in [-0.15, -0.1) is 0 Å². The molecule has 0 saturated carbocycles. The smallest absolute Gasteiger partial charge is 0.264 e. The third kappa shape index (κ3) is 4.97. The topological polar surface area (TPSA) is 67.2 Å². The van der Waals surface area contributed by atoms with Crippen molar-refractivity contribution >= 4 is 38.6 Å². The zero-order valence-electron chi connectivity index (χ0n) is 15.8. The first-order valence-electron chi connectivity index (χ1n) is 8.90. The van der Waals surface area contributed by atoms with Gasteiger partial charge in [-0.2, -0.15) is 0 Å². The van der Waals surface area contributed by atoms with E-state index in [0.717, 1.165) is 30.7 Å². The number of benzene rings is 2. The van der Waals surface area contributed by atoms with Crippen molar-refractivity contribution < 1.29 is 20.8 Å². The molecule has 0 spiro atoms. The van der Waals surface area contributed by atoms with E-state index in [-0.39, 0.29) is 17.3 Å². The summed E-state index contributed by atoms with van der Waals surface area (Å²) < 4.78 is 30.1. The molecule has 0 aliphatic heterocycles. The fourth-order valence-corrected chi connectivity index (χ4v) is 4.09. The Kier molecular flexibility index (Phi) is 7.71. The van der Waals surface area contributed by atoms with Gasteiger partial charge in [0.15, 0.2) is 0 Å². The van der Waals surface area contributed by atoms with E-state index >= 15 is 0 Å². The number of hydrogen-bond acceptors (Lipinski definition) is 4. The molecule has 6 nitrogen and oxygen atoms in total. The van der Waals surface area contributed by atoms with Crippen molar-refractivity contribution in [1.29, 1.82) is 0 Å². The predicted molar refractivity (Wildman–Crippen MR) is 110 cm³/mol. The molecule has 28 heavy (non-hydrogen) atoms. The Morgan fingerprint density at radius 3 is 2.36 bits per heavy atom. The third-order valence-corrected chi connectivity index (χ3v) is 6.13. The summed E-state index contributed by atoms with van der Waals surface area (Å²) in [6.45, 7) is 7.55. The lowest BCUT2D eigenvalue weighted by Crippen LogP contribution is -3.00. The normalized spacial score (nSPS) is 11.6. The van der Waals surface area contributed by atoms with Crippen molar-refractivity contribution in [3.05, 3.63) is 53.6 Å². The van der Waals surface area contributed by atoms with E-state index < -0.39 is 10.0 Å². The molecule has 1 N–H and O–H groups in total. The molecule has 1 aromatic heterocycles. The van der Waals surface area contributed by atoms with Gasteiger partial charge >= 0.3 is 0 Å². The number of anilines is 1. The second-order valence-corrected chi connectivity index (χ2v) is 8.28. The second kappa shape index (κ2) is 9.60. The van der Waals surface area contributed by atoms with Crippen molar-refractivity contribution in [1.82, 2.24) is 14.5 Å². The maximum absolute atomic E-state index is 12.8. The maximum atomic E-state index is 12.8. The van der Waals surface area contributed by atoms with E-state index in [1.165, 1.54) is 12.1 Å². The van der Waals surface area contributed by atoms with Crippen LogP contribution in [0.3, 0.4) is 0 Å². The number of halogens is 2. The molecule has 0 aliphatic rings. The lowest BCUT2D eigenvalue weighted by molar-refractivity contribution is -0.00000800. The van der Waals surface area contributed by atoms with Crippen molar-refractivity contribution in [2.24, 2.45) is 0 Å². The molecule has 0 amide bonds. The van der Waals surface area contributed by atoms with E-state index in [9.17, 15) is 8.42 Å². The van der Waals surface area contributed by atoms with Crippen molar-refractivity contribution in [2.45, 2.75) is 25.3 Å². The summed E-state index contributed by atoms with van der Waals surface area (Å²) in [5.41, 5.74) is 1.66. The fourth-order valence-electron chi connectivity index (χ4n) is 2.95. The second-order valence-electron chi connectivity index (χ2n) is 6.16. The zero-order chi connectivity index (χ0) is 19.4. The van der Waals surface area contributed by atoms with Crippen LogP contribution < -0.4 is 17.1 Å². The first kappa shape index (κ1) is 22.5. The van der Waals surface area contributed by atoms with Gasteiger partial charge in [0.05, 0.1) is 15.9 Å². The van der Waals surface area contributed by atoms with Gasteiger partial charge in [0.1, 0.15) is 0 Å². The molecule has 0 unspecified atom stereocenters. The highest BCUT2D eigenvalue weighted by Crippen LogP contribution is 2.23. The van der Waals surface area contributed by atoms with Gasteiger partial charge < -0.3 is 21.9 Å². The van der Waals surface area contributed by atoms with E-state index in [1.807, 2.05) is 28.8 Å². The van der Waals surface area contributed by atoms with Gasteiger partial charge in [0.2, 0.25) is 5.95 Å². The van der Waals surface area contributed by atoms with Gasteiger partial charge in [-0.1, -0.05) is 37.6 Å². The quantitative estimate of drug-likeness (QED) is 0.562. The van der Waals surface area contributed by atoms with Crippen molar-refractivity contribution in [3.63, 3.8) is 0 Å². The maximum Gasteiger partial charge on any atom is 0.264 e.